The third-order valence-electron chi connectivity index (χ3n) is 15.7. The Kier molecular flexibility index (Phi) is 44.9. The van der Waals surface area contributed by atoms with Crippen LogP contribution < -0.4 is 11.5 Å². The molecule has 22 heteroatoms. The minimum atomic E-state index is -1.18. The summed E-state index contributed by atoms with van der Waals surface area (Å²) in [6.07, 6.45) is 15.3. The number of carboxylic acids is 1. The molecule has 4 unspecified atom stereocenters. The number of fused-ring (bicyclic) bond motifs is 5. The summed E-state index contributed by atoms with van der Waals surface area (Å²) in [4.78, 5) is 19.3. The van der Waals surface area contributed by atoms with Crippen molar-refractivity contribution in [2.24, 2.45) is 57.8 Å². The lowest BCUT2D eigenvalue weighted by Crippen LogP contribution is -2.50. The van der Waals surface area contributed by atoms with Crippen LogP contribution in [-0.4, -0.2) is 233 Å². The molecule has 1 amide bonds. The molecule has 4 aliphatic rings. The van der Waals surface area contributed by atoms with Gasteiger partial charge in [-0.2, -0.15) is 0 Å². The molecule has 4 rings (SSSR count). The fourth-order valence-electron chi connectivity index (χ4n) is 11.3. The zero-order valence-electron chi connectivity index (χ0n) is 50.2. The average Bonchev–Trinajstić information content (AvgIpc) is 3.80. The fourth-order valence-corrected chi connectivity index (χ4v) is 11.3. The Labute approximate surface area is 479 Å². The number of rotatable bonds is 43. The first-order chi connectivity index (χ1) is 38.4. The molecule has 0 spiro atoms. The number of allylic oxidation sites excluding steroid dienone is 1. The molecule has 3 fully saturated rings. The number of methoxy groups -OCH3 is 1. The number of aliphatic hydroxyl groups is 5. The van der Waals surface area contributed by atoms with Crippen LogP contribution in [0, 0.1) is 46.3 Å². The second-order valence-corrected chi connectivity index (χ2v) is 22.0. The standard InChI is InChI=1S/C27H46O.C25H52O14.C3H7NO3.C3H7NO2/c1-18(2)7-6-8-19(3)23-11-12-24-22-10-9-20-17-21(28)13-15-26(20,4)25(22)14-16-27(23,24)5;1-28-25(27)24-39-23-22-38-21-20-37-19-18-36-17-16-35-15-14-34-13-12-33-11-10-32-9-8-31-7-6-30-5-4-29-3-2-26;4-2(1-5)3(6)7;1-2(5)3(4)6/h9,18-19,21-25,28H,6-8,10-17H2,1-5H3;25-27H,2-24H2,1H3;2,5H,1,4H2,(H,6,7);2,5H,1H3,(H2,4,6)/t19?,21-,22-,23+,24-,25-,26-,27+;;;/m0.../s1. The molecule has 0 aromatic heterocycles. The van der Waals surface area contributed by atoms with Crippen molar-refractivity contribution in [1.29, 1.82) is 0 Å². The number of aliphatic carboxylic acids is 1. The van der Waals surface area contributed by atoms with Crippen molar-refractivity contribution < 1.29 is 97.1 Å². The number of hydrogen-bond donors (Lipinski definition) is 8. The lowest BCUT2D eigenvalue weighted by molar-refractivity contribution is -0.139. The van der Waals surface area contributed by atoms with Gasteiger partial charge in [-0.3, -0.25) is 9.59 Å². The van der Waals surface area contributed by atoms with E-state index in [-0.39, 0.29) is 19.3 Å². The molecule has 0 aromatic carbocycles. The molecular formula is C58H112N2O20. The molecule has 80 heavy (non-hydrogen) atoms. The van der Waals surface area contributed by atoms with Gasteiger partial charge < -0.3 is 98.9 Å². The maximum absolute atomic E-state index is 10.2. The number of primary amides is 1. The summed E-state index contributed by atoms with van der Waals surface area (Å²) < 4.78 is 63.5. The van der Waals surface area contributed by atoms with Crippen molar-refractivity contribution in [3.05, 3.63) is 11.6 Å². The minimum Gasteiger partial charge on any atom is -0.480 e. The molecule has 0 aliphatic heterocycles. The zero-order valence-corrected chi connectivity index (χ0v) is 50.2. The van der Waals surface area contributed by atoms with E-state index >= 15 is 0 Å². The van der Waals surface area contributed by atoms with Crippen LogP contribution in [-0.2, 0) is 66.4 Å². The van der Waals surface area contributed by atoms with Crippen LogP contribution in [0.5, 0.6) is 0 Å². The topological polar surface area (TPSA) is 318 Å². The first-order valence-electron chi connectivity index (χ1n) is 29.5. The number of amides is 1. The minimum absolute atomic E-state index is 0.0235. The number of ether oxygens (including phenoxy) is 12. The quantitative estimate of drug-likeness (QED) is 0.0245. The molecule has 4 aliphatic carbocycles. The van der Waals surface area contributed by atoms with E-state index in [0.717, 1.165) is 48.3 Å². The second kappa shape index (κ2) is 47.2. The van der Waals surface area contributed by atoms with E-state index in [4.69, 9.17) is 83.4 Å². The first kappa shape index (κ1) is 76.0. The van der Waals surface area contributed by atoms with Gasteiger partial charge in [0.15, 0.2) is 6.29 Å². The lowest BCUT2D eigenvalue weighted by atomic mass is 9.47. The smallest absolute Gasteiger partial charge is 0.322 e. The Balaban J connectivity index is 0.000000669. The number of carbonyl (C=O) groups excluding carboxylic acids is 1. The van der Waals surface area contributed by atoms with Gasteiger partial charge in [0.25, 0.3) is 0 Å². The normalized spacial score (nSPS) is 24.5. The molecule has 0 aromatic rings. The Morgan fingerprint density at radius 1 is 0.625 bits per heavy atom. The summed E-state index contributed by atoms with van der Waals surface area (Å²) in [5.74, 6) is 3.59. The fraction of sp³-hybridized carbons (Fsp3) is 0.931. The van der Waals surface area contributed by atoms with Gasteiger partial charge in [0.1, 0.15) is 12.1 Å². The summed E-state index contributed by atoms with van der Waals surface area (Å²) >= 11 is 0. The highest BCUT2D eigenvalue weighted by atomic mass is 16.6. The van der Waals surface area contributed by atoms with Crippen molar-refractivity contribution in [3.63, 3.8) is 0 Å². The third-order valence-corrected chi connectivity index (χ3v) is 15.7. The predicted octanol–water partition coefficient (Wildman–Crippen LogP) is 3.76. The van der Waals surface area contributed by atoms with E-state index in [0.29, 0.717) is 150 Å². The van der Waals surface area contributed by atoms with Gasteiger partial charge in [-0.15, -0.1) is 0 Å². The monoisotopic (exact) mass is 1160 g/mol. The van der Waals surface area contributed by atoms with Gasteiger partial charge in [-0.1, -0.05) is 65.5 Å². The molecule has 0 bridgehead atoms. The maximum atomic E-state index is 10.2. The molecular weight excluding hydrogens is 1040 g/mol. The Bertz CT molecular complexity index is 1540. The highest BCUT2D eigenvalue weighted by Crippen LogP contribution is 2.67. The molecule has 0 radical (unpaired) electrons. The van der Waals surface area contributed by atoms with Crippen molar-refractivity contribution >= 4 is 11.9 Å². The Morgan fingerprint density at radius 3 is 1.41 bits per heavy atom. The SMILES string of the molecule is CC(C)CCCC(C)[C@H]1CC[C@H]2[C@@H]3CC=C4C[C@@H](O)CC[C@]4(C)[C@H]3CC[C@]12C.CC(O)C(N)=O.COC(O)COCCOCCOCCOCCOCCOCCOCCOCCOCCOCCOCCO.NC(CO)C(=O)O. The number of carbonyl (C=O) groups is 2. The van der Waals surface area contributed by atoms with Crippen molar-refractivity contribution in [2.75, 3.05) is 166 Å². The van der Waals surface area contributed by atoms with Gasteiger partial charge in [-0.05, 0) is 105 Å². The molecule has 3 saturated carbocycles. The molecule has 11 atom stereocenters. The zero-order chi connectivity index (χ0) is 59.4. The number of aliphatic hydroxyl groups excluding tert-OH is 5. The molecule has 0 heterocycles. The van der Waals surface area contributed by atoms with Crippen LogP contribution >= 0.6 is 0 Å². The largest absolute Gasteiger partial charge is 0.480 e. The summed E-state index contributed by atoms with van der Waals surface area (Å²) in [6, 6.07) is -1.13. The van der Waals surface area contributed by atoms with Crippen LogP contribution in [0.25, 0.3) is 0 Å². The molecule has 474 valence electrons. The van der Waals surface area contributed by atoms with Gasteiger partial charge >= 0.3 is 5.97 Å². The van der Waals surface area contributed by atoms with Crippen molar-refractivity contribution in [2.45, 2.75) is 137 Å². The number of nitrogens with two attached hydrogens (primary N) is 2. The van der Waals surface area contributed by atoms with E-state index in [1.165, 1.54) is 71.8 Å². The maximum Gasteiger partial charge on any atom is 0.322 e. The average molecular weight is 1160 g/mol. The van der Waals surface area contributed by atoms with Gasteiger partial charge in [0, 0.05) is 7.11 Å². The van der Waals surface area contributed by atoms with E-state index in [9.17, 15) is 14.7 Å². The third kappa shape index (κ3) is 33.4. The summed E-state index contributed by atoms with van der Waals surface area (Å²) in [5, 5.41) is 51.9. The van der Waals surface area contributed by atoms with Crippen LogP contribution in [0.2, 0.25) is 0 Å². The Hall–Kier alpha value is -2.04. The van der Waals surface area contributed by atoms with Gasteiger partial charge in [-0.25, -0.2) is 0 Å². The summed E-state index contributed by atoms with van der Waals surface area (Å²) in [5.41, 5.74) is 11.9. The van der Waals surface area contributed by atoms with Crippen LogP contribution in [0.1, 0.15) is 112 Å². The van der Waals surface area contributed by atoms with E-state index in [1.54, 1.807) is 5.57 Å². The first-order valence-corrected chi connectivity index (χ1v) is 29.5. The predicted molar refractivity (Wildman–Crippen MR) is 302 cm³/mol. The number of carboxylic acid groups (broad SMARTS) is 1. The highest BCUT2D eigenvalue weighted by Gasteiger charge is 2.59. The van der Waals surface area contributed by atoms with E-state index < -0.39 is 36.9 Å². The van der Waals surface area contributed by atoms with Crippen LogP contribution in [0.4, 0.5) is 0 Å². The molecule has 0 saturated heterocycles. The molecule has 10 N–H and O–H groups in total. The number of hydrogen-bond acceptors (Lipinski definition) is 20. The van der Waals surface area contributed by atoms with Crippen LogP contribution in [0.15, 0.2) is 11.6 Å². The highest BCUT2D eigenvalue weighted by molar-refractivity contribution is 5.77. The lowest BCUT2D eigenvalue weighted by Gasteiger charge is -2.58. The summed E-state index contributed by atoms with van der Waals surface area (Å²) in [6.45, 7) is 23.6. The van der Waals surface area contributed by atoms with E-state index in [2.05, 4.69) is 51.2 Å². The van der Waals surface area contributed by atoms with E-state index in [1.807, 2.05) is 0 Å². The van der Waals surface area contributed by atoms with Gasteiger partial charge in [0.2, 0.25) is 5.91 Å². The van der Waals surface area contributed by atoms with Crippen molar-refractivity contribution in [3.8, 4) is 0 Å². The van der Waals surface area contributed by atoms with Gasteiger partial charge in [0.05, 0.1) is 165 Å². The molecule has 22 nitrogen and oxygen atoms in total. The summed E-state index contributed by atoms with van der Waals surface area (Å²) in [7, 11) is 1.41. The Morgan fingerprint density at radius 2 is 1.05 bits per heavy atom. The van der Waals surface area contributed by atoms with Crippen molar-refractivity contribution in [1.82, 2.24) is 0 Å². The second-order valence-electron chi connectivity index (χ2n) is 22.0. The van der Waals surface area contributed by atoms with Crippen LogP contribution in [0.3, 0.4) is 0 Å².